The first-order chi connectivity index (χ1) is 11.3. The first-order valence-electron chi connectivity index (χ1n) is 8.64. The van der Waals surface area contributed by atoms with E-state index in [1.807, 2.05) is 56.9 Å². The highest BCUT2D eigenvalue weighted by Gasteiger charge is 2.28. The van der Waals surface area contributed by atoms with Gasteiger partial charge in [-0.05, 0) is 25.5 Å². The zero-order valence-corrected chi connectivity index (χ0v) is 15.3. The van der Waals surface area contributed by atoms with Crippen molar-refractivity contribution in [2.24, 2.45) is 5.41 Å². The average Bonchev–Trinajstić information content (AvgIpc) is 2.73. The van der Waals surface area contributed by atoms with Gasteiger partial charge in [0, 0.05) is 37.3 Å². The van der Waals surface area contributed by atoms with Crippen LogP contribution in [0, 0.1) is 12.3 Å². The molecule has 1 N–H and O–H groups in total. The standard InChI is InChI=1S/C19H29N3O2/c1-15-6-8-16(9-7-15)20-17(23)14-21-10-5-11-22(13-12-21)18(24)19(2,3)4/h6-9H,5,10-14H2,1-4H3,(H,20,23). The molecule has 0 unspecified atom stereocenters. The largest absolute Gasteiger partial charge is 0.341 e. The van der Waals surface area contributed by atoms with Crippen LogP contribution in [0.15, 0.2) is 24.3 Å². The van der Waals surface area contributed by atoms with Gasteiger partial charge in [-0.3, -0.25) is 14.5 Å². The van der Waals surface area contributed by atoms with Crippen molar-refractivity contribution in [2.75, 3.05) is 38.0 Å². The molecule has 1 aliphatic rings. The summed E-state index contributed by atoms with van der Waals surface area (Å²) in [6.07, 6.45) is 0.902. The predicted octanol–water partition coefficient (Wildman–Crippen LogP) is 2.51. The van der Waals surface area contributed by atoms with Crippen molar-refractivity contribution in [3.05, 3.63) is 29.8 Å². The van der Waals surface area contributed by atoms with Crippen LogP contribution >= 0.6 is 0 Å². The highest BCUT2D eigenvalue weighted by molar-refractivity contribution is 5.92. The molecule has 2 amide bonds. The summed E-state index contributed by atoms with van der Waals surface area (Å²) in [6, 6.07) is 7.80. The summed E-state index contributed by atoms with van der Waals surface area (Å²) in [6.45, 7) is 11.3. The second-order valence-electron chi connectivity index (χ2n) is 7.59. The summed E-state index contributed by atoms with van der Waals surface area (Å²) in [7, 11) is 0. The third-order valence-electron chi connectivity index (χ3n) is 4.22. The molecule has 0 saturated carbocycles. The fraction of sp³-hybridized carbons (Fsp3) is 0.579. The van der Waals surface area contributed by atoms with Crippen LogP contribution in [-0.2, 0) is 9.59 Å². The zero-order chi connectivity index (χ0) is 17.7. The molecular weight excluding hydrogens is 302 g/mol. The van der Waals surface area contributed by atoms with E-state index in [1.54, 1.807) is 0 Å². The Bertz CT molecular complexity index is 575. The van der Waals surface area contributed by atoms with Crippen LogP contribution in [0.1, 0.15) is 32.8 Å². The van der Waals surface area contributed by atoms with Gasteiger partial charge < -0.3 is 10.2 Å². The maximum atomic E-state index is 12.4. The van der Waals surface area contributed by atoms with E-state index in [-0.39, 0.29) is 17.2 Å². The summed E-state index contributed by atoms with van der Waals surface area (Å²) < 4.78 is 0. The Morgan fingerprint density at radius 1 is 1.04 bits per heavy atom. The Morgan fingerprint density at radius 3 is 2.33 bits per heavy atom. The van der Waals surface area contributed by atoms with Gasteiger partial charge in [-0.1, -0.05) is 38.5 Å². The number of carbonyl (C=O) groups excluding carboxylic acids is 2. The average molecular weight is 331 g/mol. The number of aryl methyl sites for hydroxylation is 1. The Kier molecular flexibility index (Phi) is 5.99. The molecule has 0 bridgehead atoms. The smallest absolute Gasteiger partial charge is 0.238 e. The SMILES string of the molecule is Cc1ccc(NC(=O)CN2CCCN(C(=O)C(C)(C)C)CC2)cc1. The van der Waals surface area contributed by atoms with Crippen LogP contribution in [0.5, 0.6) is 0 Å². The van der Waals surface area contributed by atoms with Crippen molar-refractivity contribution in [1.82, 2.24) is 9.80 Å². The lowest BCUT2D eigenvalue weighted by Gasteiger charge is -2.28. The number of hydrogen-bond donors (Lipinski definition) is 1. The molecule has 1 aromatic carbocycles. The highest BCUT2D eigenvalue weighted by Crippen LogP contribution is 2.18. The fourth-order valence-electron chi connectivity index (χ4n) is 2.85. The van der Waals surface area contributed by atoms with Crippen molar-refractivity contribution < 1.29 is 9.59 Å². The molecular formula is C19H29N3O2. The van der Waals surface area contributed by atoms with Crippen molar-refractivity contribution in [3.8, 4) is 0 Å². The third-order valence-corrected chi connectivity index (χ3v) is 4.22. The van der Waals surface area contributed by atoms with Gasteiger partial charge in [-0.2, -0.15) is 0 Å². The lowest BCUT2D eigenvalue weighted by atomic mass is 9.94. The second-order valence-corrected chi connectivity index (χ2v) is 7.59. The minimum Gasteiger partial charge on any atom is -0.341 e. The number of rotatable bonds is 3. The van der Waals surface area contributed by atoms with Gasteiger partial charge in [0.15, 0.2) is 0 Å². The molecule has 1 fully saturated rings. The lowest BCUT2D eigenvalue weighted by molar-refractivity contribution is -0.139. The quantitative estimate of drug-likeness (QED) is 0.926. The Labute approximate surface area is 145 Å². The minimum absolute atomic E-state index is 0.00514. The molecule has 0 aromatic heterocycles. The van der Waals surface area contributed by atoms with Gasteiger partial charge in [0.2, 0.25) is 11.8 Å². The summed E-state index contributed by atoms with van der Waals surface area (Å²) in [5.41, 5.74) is 1.65. The molecule has 132 valence electrons. The van der Waals surface area contributed by atoms with Crippen molar-refractivity contribution in [3.63, 3.8) is 0 Å². The van der Waals surface area contributed by atoms with E-state index in [4.69, 9.17) is 0 Å². The van der Waals surface area contributed by atoms with E-state index >= 15 is 0 Å². The Morgan fingerprint density at radius 2 is 1.71 bits per heavy atom. The van der Waals surface area contributed by atoms with Crippen LogP contribution in [0.3, 0.4) is 0 Å². The van der Waals surface area contributed by atoms with Crippen molar-refractivity contribution in [2.45, 2.75) is 34.1 Å². The zero-order valence-electron chi connectivity index (χ0n) is 15.3. The van der Waals surface area contributed by atoms with Crippen molar-refractivity contribution in [1.29, 1.82) is 0 Å². The normalized spacial score (nSPS) is 16.6. The second kappa shape index (κ2) is 7.79. The fourth-order valence-corrected chi connectivity index (χ4v) is 2.85. The highest BCUT2D eigenvalue weighted by atomic mass is 16.2. The summed E-state index contributed by atoms with van der Waals surface area (Å²) in [4.78, 5) is 28.7. The molecule has 1 aliphatic heterocycles. The summed E-state index contributed by atoms with van der Waals surface area (Å²) in [5, 5.41) is 2.93. The van der Waals surface area contributed by atoms with Gasteiger partial charge in [0.05, 0.1) is 6.54 Å². The molecule has 24 heavy (non-hydrogen) atoms. The first-order valence-corrected chi connectivity index (χ1v) is 8.64. The number of amides is 2. The molecule has 0 atom stereocenters. The number of anilines is 1. The van der Waals surface area contributed by atoms with Gasteiger partial charge in [0.25, 0.3) is 0 Å². The number of benzene rings is 1. The molecule has 0 radical (unpaired) electrons. The van der Waals surface area contributed by atoms with Crippen LogP contribution in [-0.4, -0.2) is 54.3 Å². The van der Waals surface area contributed by atoms with E-state index in [0.29, 0.717) is 13.1 Å². The Hall–Kier alpha value is -1.88. The first kappa shape index (κ1) is 18.5. The maximum Gasteiger partial charge on any atom is 0.238 e. The van der Waals surface area contributed by atoms with E-state index in [1.165, 1.54) is 5.56 Å². The van der Waals surface area contributed by atoms with Gasteiger partial charge in [-0.25, -0.2) is 0 Å². The van der Waals surface area contributed by atoms with Crippen LogP contribution < -0.4 is 5.32 Å². The maximum absolute atomic E-state index is 12.4. The van der Waals surface area contributed by atoms with E-state index < -0.39 is 0 Å². The molecule has 5 nitrogen and oxygen atoms in total. The van der Waals surface area contributed by atoms with Crippen LogP contribution in [0.4, 0.5) is 5.69 Å². The van der Waals surface area contributed by atoms with Crippen molar-refractivity contribution >= 4 is 17.5 Å². The molecule has 0 aliphatic carbocycles. The van der Waals surface area contributed by atoms with E-state index in [0.717, 1.165) is 31.7 Å². The lowest BCUT2D eigenvalue weighted by Crippen LogP contribution is -2.42. The molecule has 0 spiro atoms. The number of nitrogens with zero attached hydrogens (tertiary/aromatic N) is 2. The van der Waals surface area contributed by atoms with Gasteiger partial charge in [-0.15, -0.1) is 0 Å². The molecule has 1 heterocycles. The Balaban J connectivity index is 1.84. The van der Waals surface area contributed by atoms with E-state index in [9.17, 15) is 9.59 Å². The molecule has 1 saturated heterocycles. The molecule has 5 heteroatoms. The number of carbonyl (C=O) groups is 2. The topological polar surface area (TPSA) is 52.7 Å². The van der Waals surface area contributed by atoms with Gasteiger partial charge >= 0.3 is 0 Å². The number of nitrogens with one attached hydrogen (secondary N) is 1. The monoisotopic (exact) mass is 331 g/mol. The van der Waals surface area contributed by atoms with E-state index in [2.05, 4.69) is 10.2 Å². The minimum atomic E-state index is -0.349. The summed E-state index contributed by atoms with van der Waals surface area (Å²) in [5.74, 6) is 0.183. The van der Waals surface area contributed by atoms with Gasteiger partial charge in [0.1, 0.15) is 0 Å². The molecule has 1 aromatic rings. The van der Waals surface area contributed by atoms with Crippen LogP contribution in [0.2, 0.25) is 0 Å². The van der Waals surface area contributed by atoms with Crippen LogP contribution in [0.25, 0.3) is 0 Å². The predicted molar refractivity (Wildman–Crippen MR) is 96.9 cm³/mol. The third kappa shape index (κ3) is 5.34. The summed E-state index contributed by atoms with van der Waals surface area (Å²) >= 11 is 0. The number of hydrogen-bond acceptors (Lipinski definition) is 3. The molecule has 2 rings (SSSR count).